The van der Waals surface area contributed by atoms with Crippen molar-refractivity contribution in [2.75, 3.05) is 4.90 Å². The van der Waals surface area contributed by atoms with E-state index in [1.165, 1.54) is 16.2 Å². The van der Waals surface area contributed by atoms with E-state index in [-0.39, 0.29) is 11.3 Å². The molecule has 1 N–H and O–H groups in total. The highest BCUT2D eigenvalue weighted by atomic mass is 79.9. The van der Waals surface area contributed by atoms with Gasteiger partial charge in [0.1, 0.15) is 5.76 Å². The van der Waals surface area contributed by atoms with E-state index >= 15 is 0 Å². The van der Waals surface area contributed by atoms with Crippen LogP contribution in [0.2, 0.25) is 0 Å². The predicted molar refractivity (Wildman–Crippen MR) is 112 cm³/mol. The fourth-order valence-electron chi connectivity index (χ4n) is 3.19. The molecule has 0 spiro atoms. The summed E-state index contributed by atoms with van der Waals surface area (Å²) in [5, 5.41) is 13.1. The number of hydrogen-bond acceptors (Lipinski definition) is 5. The Morgan fingerprint density at radius 3 is 2.39 bits per heavy atom. The van der Waals surface area contributed by atoms with Crippen molar-refractivity contribution in [3.05, 3.63) is 86.8 Å². The Hall–Kier alpha value is -2.77. The summed E-state index contributed by atoms with van der Waals surface area (Å²) in [5.74, 6) is -1.61. The summed E-state index contributed by atoms with van der Waals surface area (Å²) in [4.78, 5) is 31.3. The van der Waals surface area contributed by atoms with E-state index in [0.29, 0.717) is 10.7 Å². The molecule has 28 heavy (non-hydrogen) atoms. The number of rotatable bonds is 3. The first-order chi connectivity index (χ1) is 13.5. The first-order valence-corrected chi connectivity index (χ1v) is 10.2. The van der Waals surface area contributed by atoms with Crippen LogP contribution >= 0.6 is 27.3 Å². The minimum absolute atomic E-state index is 0.0615. The van der Waals surface area contributed by atoms with Crippen molar-refractivity contribution < 1.29 is 14.7 Å². The van der Waals surface area contributed by atoms with E-state index in [0.717, 1.165) is 15.6 Å². The number of benzene rings is 2. The van der Waals surface area contributed by atoms with Gasteiger partial charge in [0.15, 0.2) is 5.13 Å². The molecule has 1 aliphatic rings. The van der Waals surface area contributed by atoms with E-state index in [9.17, 15) is 14.7 Å². The Kier molecular flexibility index (Phi) is 4.87. The molecule has 0 saturated carbocycles. The van der Waals surface area contributed by atoms with Crippen molar-refractivity contribution in [2.24, 2.45) is 0 Å². The molecule has 0 bridgehead atoms. The van der Waals surface area contributed by atoms with Crippen LogP contribution in [-0.2, 0) is 9.59 Å². The molecule has 1 aromatic heterocycles. The van der Waals surface area contributed by atoms with Gasteiger partial charge in [0.2, 0.25) is 0 Å². The minimum atomic E-state index is -0.740. The number of thiazole rings is 1. The zero-order chi connectivity index (χ0) is 19.8. The second-order valence-electron chi connectivity index (χ2n) is 6.40. The predicted octanol–water partition coefficient (Wildman–Crippen LogP) is 4.84. The van der Waals surface area contributed by atoms with Crippen molar-refractivity contribution in [1.82, 2.24) is 4.98 Å². The van der Waals surface area contributed by atoms with Gasteiger partial charge >= 0.3 is 5.91 Å². The van der Waals surface area contributed by atoms with Gasteiger partial charge in [-0.3, -0.25) is 14.5 Å². The molecule has 7 heteroatoms. The lowest BCUT2D eigenvalue weighted by molar-refractivity contribution is -0.132. The summed E-state index contributed by atoms with van der Waals surface area (Å²) < 4.78 is 0.849. The molecule has 1 fully saturated rings. The van der Waals surface area contributed by atoms with Gasteiger partial charge in [0.25, 0.3) is 5.78 Å². The number of ketones is 1. The van der Waals surface area contributed by atoms with Gasteiger partial charge in [-0.15, -0.1) is 11.3 Å². The van der Waals surface area contributed by atoms with E-state index < -0.39 is 17.7 Å². The topological polar surface area (TPSA) is 70.5 Å². The number of Topliss-reactive ketones (excluding diaryl/α,β-unsaturated/α-hetero) is 1. The summed E-state index contributed by atoms with van der Waals surface area (Å²) in [6.45, 7) is 1.96. The van der Waals surface area contributed by atoms with E-state index in [4.69, 9.17) is 0 Å². The molecule has 3 aromatic rings. The van der Waals surface area contributed by atoms with E-state index in [1.807, 2.05) is 31.2 Å². The zero-order valence-corrected chi connectivity index (χ0v) is 17.2. The maximum absolute atomic E-state index is 12.9. The number of aliphatic hydroxyl groups excluding tert-OH is 1. The highest BCUT2D eigenvalue weighted by Gasteiger charge is 2.47. The molecule has 4 rings (SSSR count). The lowest BCUT2D eigenvalue weighted by Gasteiger charge is -2.23. The molecule has 1 aliphatic heterocycles. The van der Waals surface area contributed by atoms with Gasteiger partial charge in [-0.2, -0.15) is 0 Å². The molecule has 0 radical (unpaired) electrons. The maximum atomic E-state index is 12.9. The molecule has 1 amide bonds. The van der Waals surface area contributed by atoms with Crippen LogP contribution < -0.4 is 4.90 Å². The van der Waals surface area contributed by atoms with Crippen LogP contribution in [0.4, 0.5) is 5.13 Å². The third-order valence-corrected chi connectivity index (χ3v) is 5.88. The number of halogens is 1. The van der Waals surface area contributed by atoms with Crippen molar-refractivity contribution in [2.45, 2.75) is 13.0 Å². The molecular formula is C21H15BrN2O3S. The summed E-state index contributed by atoms with van der Waals surface area (Å²) in [6.07, 6.45) is 1.58. The Balaban J connectivity index is 1.93. The first kappa shape index (κ1) is 18.6. The number of aliphatic hydroxyl groups is 1. The van der Waals surface area contributed by atoms with Crippen LogP contribution in [0, 0.1) is 6.92 Å². The summed E-state index contributed by atoms with van der Waals surface area (Å²) in [5.41, 5.74) is 2.32. The Bertz CT molecular complexity index is 1070. The van der Waals surface area contributed by atoms with Crippen LogP contribution in [-0.4, -0.2) is 21.8 Å². The Labute approximate surface area is 174 Å². The SMILES string of the molecule is Cc1ccc(C2/C(=C(/O)c3ccc(Br)cc3)C(=O)C(=O)N2c2nccs2)cc1. The van der Waals surface area contributed by atoms with Crippen molar-refractivity contribution >= 4 is 49.8 Å². The second-order valence-corrected chi connectivity index (χ2v) is 8.19. The third kappa shape index (κ3) is 3.16. The molecule has 140 valence electrons. The second kappa shape index (κ2) is 7.33. The molecule has 2 heterocycles. The smallest absolute Gasteiger partial charge is 0.301 e. The van der Waals surface area contributed by atoms with Crippen LogP contribution in [0.5, 0.6) is 0 Å². The number of carbonyl (C=O) groups excluding carboxylic acids is 2. The number of carbonyl (C=O) groups is 2. The fraction of sp³-hybridized carbons (Fsp3) is 0.0952. The molecule has 1 atom stereocenters. The van der Waals surface area contributed by atoms with Crippen LogP contribution in [0.15, 0.2) is 70.2 Å². The van der Waals surface area contributed by atoms with Crippen molar-refractivity contribution in [1.29, 1.82) is 0 Å². The quantitative estimate of drug-likeness (QED) is 0.349. The van der Waals surface area contributed by atoms with Gasteiger partial charge in [0, 0.05) is 21.6 Å². The number of anilines is 1. The van der Waals surface area contributed by atoms with Gasteiger partial charge in [-0.05, 0) is 24.6 Å². The summed E-state index contributed by atoms with van der Waals surface area (Å²) in [7, 11) is 0. The number of amides is 1. The van der Waals surface area contributed by atoms with Crippen molar-refractivity contribution in [3.8, 4) is 0 Å². The molecule has 1 unspecified atom stereocenters. The highest BCUT2D eigenvalue weighted by molar-refractivity contribution is 9.10. The summed E-state index contributed by atoms with van der Waals surface area (Å²) in [6, 6.07) is 13.7. The van der Waals surface area contributed by atoms with Gasteiger partial charge in [-0.25, -0.2) is 4.98 Å². The molecule has 2 aromatic carbocycles. The van der Waals surface area contributed by atoms with E-state index in [2.05, 4.69) is 20.9 Å². The number of hydrogen-bond donors (Lipinski definition) is 1. The number of nitrogens with zero attached hydrogens (tertiary/aromatic N) is 2. The van der Waals surface area contributed by atoms with Gasteiger partial charge in [-0.1, -0.05) is 57.9 Å². The number of aromatic nitrogens is 1. The fourth-order valence-corrected chi connectivity index (χ4v) is 4.12. The molecular weight excluding hydrogens is 440 g/mol. The molecule has 0 aliphatic carbocycles. The maximum Gasteiger partial charge on any atom is 0.301 e. The number of aryl methyl sites for hydroxylation is 1. The normalized spacial score (nSPS) is 18.6. The minimum Gasteiger partial charge on any atom is -0.507 e. The Morgan fingerprint density at radius 1 is 1.11 bits per heavy atom. The monoisotopic (exact) mass is 454 g/mol. The largest absolute Gasteiger partial charge is 0.507 e. The van der Waals surface area contributed by atoms with Crippen LogP contribution in [0.1, 0.15) is 22.7 Å². The van der Waals surface area contributed by atoms with E-state index in [1.54, 1.807) is 35.8 Å². The first-order valence-electron chi connectivity index (χ1n) is 8.50. The van der Waals surface area contributed by atoms with Gasteiger partial charge < -0.3 is 5.11 Å². The van der Waals surface area contributed by atoms with Crippen LogP contribution in [0.3, 0.4) is 0 Å². The zero-order valence-electron chi connectivity index (χ0n) is 14.8. The average Bonchev–Trinajstić information content (AvgIpc) is 3.30. The average molecular weight is 455 g/mol. The molecule has 1 saturated heterocycles. The molecule has 5 nitrogen and oxygen atoms in total. The van der Waals surface area contributed by atoms with Gasteiger partial charge in [0.05, 0.1) is 11.6 Å². The third-order valence-electron chi connectivity index (χ3n) is 4.58. The van der Waals surface area contributed by atoms with Crippen LogP contribution in [0.25, 0.3) is 5.76 Å². The highest BCUT2D eigenvalue weighted by Crippen LogP contribution is 2.42. The lowest BCUT2D eigenvalue weighted by Crippen LogP contribution is -2.29. The lowest BCUT2D eigenvalue weighted by atomic mass is 9.95. The summed E-state index contributed by atoms with van der Waals surface area (Å²) >= 11 is 4.63. The standard InChI is InChI=1S/C21H15BrN2O3S/c1-12-2-4-13(5-3-12)17-16(18(25)14-6-8-15(22)9-7-14)19(26)20(27)24(17)21-23-10-11-28-21/h2-11,17,25H,1H3/b18-16-. The Morgan fingerprint density at radius 2 is 1.79 bits per heavy atom. The van der Waals surface area contributed by atoms with Crippen molar-refractivity contribution in [3.63, 3.8) is 0 Å².